The van der Waals surface area contributed by atoms with Crippen LogP contribution in [0.5, 0.6) is 0 Å². The number of nitrogen functional groups attached to an aromatic ring is 1. The Balaban J connectivity index is 2.00. The summed E-state index contributed by atoms with van der Waals surface area (Å²) in [6.45, 7) is 2.10. The normalized spacial score (nSPS) is 16.1. The fourth-order valence-corrected chi connectivity index (χ4v) is 2.05. The van der Waals surface area contributed by atoms with Crippen LogP contribution < -0.4 is 16.6 Å². The SMILES string of the molecule is CCC(CC1CC1)NC(=O)c1cccnc1NN. The minimum atomic E-state index is -0.108. The Bertz CT molecular complexity index is 417. The van der Waals surface area contributed by atoms with E-state index in [1.54, 1.807) is 18.3 Å². The number of aromatic nitrogens is 1. The predicted octanol–water partition coefficient (Wildman–Crippen LogP) is 1.68. The molecule has 0 bridgehead atoms. The van der Waals surface area contributed by atoms with E-state index < -0.39 is 0 Å². The Morgan fingerprint density at radius 1 is 1.61 bits per heavy atom. The summed E-state index contributed by atoms with van der Waals surface area (Å²) in [5.74, 6) is 6.46. The first kappa shape index (κ1) is 12.8. The lowest BCUT2D eigenvalue weighted by molar-refractivity contribution is 0.0933. The molecule has 4 N–H and O–H groups in total. The summed E-state index contributed by atoms with van der Waals surface area (Å²) in [7, 11) is 0. The molecule has 1 aromatic rings. The van der Waals surface area contributed by atoms with Crippen LogP contribution in [0, 0.1) is 5.92 Å². The van der Waals surface area contributed by atoms with Crippen LogP contribution in [-0.2, 0) is 0 Å². The summed E-state index contributed by atoms with van der Waals surface area (Å²) in [5.41, 5.74) is 2.94. The van der Waals surface area contributed by atoms with Gasteiger partial charge in [-0.1, -0.05) is 19.8 Å². The zero-order valence-corrected chi connectivity index (χ0v) is 10.6. The smallest absolute Gasteiger partial charge is 0.255 e. The van der Waals surface area contributed by atoms with Gasteiger partial charge in [-0.05, 0) is 30.9 Å². The average molecular weight is 248 g/mol. The maximum Gasteiger partial charge on any atom is 0.255 e. The third-order valence-electron chi connectivity index (χ3n) is 3.33. The van der Waals surface area contributed by atoms with Crippen molar-refractivity contribution >= 4 is 11.7 Å². The molecule has 18 heavy (non-hydrogen) atoms. The summed E-state index contributed by atoms with van der Waals surface area (Å²) >= 11 is 0. The van der Waals surface area contributed by atoms with Crippen molar-refractivity contribution < 1.29 is 4.79 Å². The molecule has 98 valence electrons. The second-order valence-electron chi connectivity index (χ2n) is 4.80. The maximum absolute atomic E-state index is 12.1. The number of nitrogens with one attached hydrogen (secondary N) is 2. The molecule has 0 aliphatic heterocycles. The van der Waals surface area contributed by atoms with Crippen LogP contribution in [0.2, 0.25) is 0 Å². The van der Waals surface area contributed by atoms with Crippen molar-refractivity contribution in [1.82, 2.24) is 10.3 Å². The van der Waals surface area contributed by atoms with Crippen molar-refractivity contribution in [2.24, 2.45) is 11.8 Å². The first-order valence-corrected chi connectivity index (χ1v) is 6.47. The summed E-state index contributed by atoms with van der Waals surface area (Å²) < 4.78 is 0. The van der Waals surface area contributed by atoms with E-state index in [1.807, 2.05) is 0 Å². The molecule has 2 rings (SSSR count). The Kier molecular flexibility index (Phi) is 4.15. The maximum atomic E-state index is 12.1. The van der Waals surface area contributed by atoms with E-state index in [0.29, 0.717) is 11.4 Å². The second kappa shape index (κ2) is 5.82. The van der Waals surface area contributed by atoms with E-state index in [9.17, 15) is 4.79 Å². The number of pyridine rings is 1. The Labute approximate surface area is 107 Å². The van der Waals surface area contributed by atoms with Crippen LogP contribution in [0.25, 0.3) is 0 Å². The lowest BCUT2D eigenvalue weighted by atomic mass is 10.1. The van der Waals surface area contributed by atoms with Gasteiger partial charge in [0.2, 0.25) is 0 Å². The van der Waals surface area contributed by atoms with Crippen molar-refractivity contribution in [2.45, 2.75) is 38.6 Å². The van der Waals surface area contributed by atoms with Gasteiger partial charge in [0.25, 0.3) is 5.91 Å². The molecular formula is C13H20N4O. The van der Waals surface area contributed by atoms with Gasteiger partial charge in [-0.25, -0.2) is 10.8 Å². The highest BCUT2D eigenvalue weighted by Crippen LogP contribution is 2.34. The summed E-state index contributed by atoms with van der Waals surface area (Å²) in [6, 6.07) is 3.70. The van der Waals surface area contributed by atoms with Crippen molar-refractivity contribution in [3.05, 3.63) is 23.9 Å². The number of carbonyl (C=O) groups excluding carboxylic acids is 1. The van der Waals surface area contributed by atoms with Crippen LogP contribution >= 0.6 is 0 Å². The molecule has 1 amide bonds. The molecule has 5 nitrogen and oxygen atoms in total. The predicted molar refractivity (Wildman–Crippen MR) is 70.9 cm³/mol. The van der Waals surface area contributed by atoms with Gasteiger partial charge in [-0.2, -0.15) is 0 Å². The number of hydrogen-bond acceptors (Lipinski definition) is 4. The van der Waals surface area contributed by atoms with Gasteiger partial charge in [-0.15, -0.1) is 0 Å². The molecule has 0 saturated heterocycles. The van der Waals surface area contributed by atoms with E-state index in [4.69, 9.17) is 5.84 Å². The van der Waals surface area contributed by atoms with Gasteiger partial charge in [0.05, 0.1) is 5.56 Å². The molecular weight excluding hydrogens is 228 g/mol. The van der Waals surface area contributed by atoms with E-state index >= 15 is 0 Å². The number of amides is 1. The molecule has 1 aliphatic rings. The summed E-state index contributed by atoms with van der Waals surface area (Å²) in [4.78, 5) is 16.2. The Morgan fingerprint density at radius 2 is 2.39 bits per heavy atom. The van der Waals surface area contributed by atoms with Gasteiger partial charge in [0.1, 0.15) is 0 Å². The van der Waals surface area contributed by atoms with E-state index in [2.05, 4.69) is 22.7 Å². The zero-order chi connectivity index (χ0) is 13.0. The van der Waals surface area contributed by atoms with Crippen molar-refractivity contribution in [2.75, 3.05) is 5.43 Å². The number of hydrazine groups is 1. The first-order valence-electron chi connectivity index (χ1n) is 6.47. The van der Waals surface area contributed by atoms with Gasteiger partial charge < -0.3 is 10.7 Å². The van der Waals surface area contributed by atoms with Crippen LogP contribution in [0.15, 0.2) is 18.3 Å². The van der Waals surface area contributed by atoms with Gasteiger partial charge in [0.15, 0.2) is 5.82 Å². The highest BCUT2D eigenvalue weighted by atomic mass is 16.1. The number of hydrogen-bond donors (Lipinski definition) is 3. The number of carbonyl (C=O) groups is 1. The summed E-state index contributed by atoms with van der Waals surface area (Å²) in [5, 5.41) is 3.05. The van der Waals surface area contributed by atoms with Crippen molar-refractivity contribution in [1.29, 1.82) is 0 Å². The lowest BCUT2D eigenvalue weighted by Crippen LogP contribution is -2.35. The number of anilines is 1. The average Bonchev–Trinajstić information content (AvgIpc) is 3.21. The lowest BCUT2D eigenvalue weighted by Gasteiger charge is -2.17. The third-order valence-corrected chi connectivity index (χ3v) is 3.33. The van der Waals surface area contributed by atoms with E-state index in [1.165, 1.54) is 12.8 Å². The molecule has 1 atom stereocenters. The Hall–Kier alpha value is -1.62. The van der Waals surface area contributed by atoms with Crippen molar-refractivity contribution in [3.8, 4) is 0 Å². The molecule has 1 aromatic heterocycles. The molecule has 1 unspecified atom stereocenters. The van der Waals surface area contributed by atoms with E-state index in [-0.39, 0.29) is 11.9 Å². The quantitative estimate of drug-likeness (QED) is 0.528. The standard InChI is InChI=1S/C13H20N4O/c1-2-10(8-9-5-6-9)16-13(18)11-4-3-7-15-12(11)17-14/h3-4,7,9-10H,2,5-6,8,14H2,1H3,(H,15,17)(H,16,18). The molecule has 1 aliphatic carbocycles. The van der Waals surface area contributed by atoms with Crippen LogP contribution in [0.3, 0.4) is 0 Å². The number of nitrogens with zero attached hydrogens (tertiary/aromatic N) is 1. The van der Waals surface area contributed by atoms with Crippen LogP contribution in [0.1, 0.15) is 43.0 Å². The Morgan fingerprint density at radius 3 is 3.00 bits per heavy atom. The molecule has 0 spiro atoms. The molecule has 1 heterocycles. The molecule has 0 aromatic carbocycles. The van der Waals surface area contributed by atoms with Crippen LogP contribution in [0.4, 0.5) is 5.82 Å². The van der Waals surface area contributed by atoms with Gasteiger partial charge in [-0.3, -0.25) is 4.79 Å². The summed E-state index contributed by atoms with van der Waals surface area (Å²) in [6.07, 6.45) is 6.24. The second-order valence-corrected chi connectivity index (χ2v) is 4.80. The van der Waals surface area contributed by atoms with E-state index in [0.717, 1.165) is 18.8 Å². The van der Waals surface area contributed by atoms with Crippen LogP contribution in [-0.4, -0.2) is 16.9 Å². The fraction of sp³-hybridized carbons (Fsp3) is 0.538. The highest BCUT2D eigenvalue weighted by Gasteiger charge is 2.26. The minimum absolute atomic E-state index is 0.108. The van der Waals surface area contributed by atoms with Gasteiger partial charge in [0, 0.05) is 12.2 Å². The molecule has 0 radical (unpaired) electrons. The zero-order valence-electron chi connectivity index (χ0n) is 10.6. The van der Waals surface area contributed by atoms with Gasteiger partial charge >= 0.3 is 0 Å². The largest absolute Gasteiger partial charge is 0.349 e. The fourth-order valence-electron chi connectivity index (χ4n) is 2.05. The topological polar surface area (TPSA) is 80.0 Å². The third kappa shape index (κ3) is 3.20. The number of rotatable bonds is 6. The monoisotopic (exact) mass is 248 g/mol. The minimum Gasteiger partial charge on any atom is -0.349 e. The first-order chi connectivity index (χ1) is 8.74. The molecule has 1 saturated carbocycles. The van der Waals surface area contributed by atoms with Crippen molar-refractivity contribution in [3.63, 3.8) is 0 Å². The highest BCUT2D eigenvalue weighted by molar-refractivity contribution is 5.98. The number of nitrogens with two attached hydrogens (primary N) is 1. The molecule has 5 heteroatoms. The molecule has 1 fully saturated rings.